The topological polar surface area (TPSA) is 64.3 Å². The van der Waals surface area contributed by atoms with Crippen LogP contribution in [-0.4, -0.2) is 27.7 Å². The largest absolute Gasteiger partial charge is 0.469 e. The van der Waals surface area contributed by atoms with Gasteiger partial charge in [0.15, 0.2) is 0 Å². The molecular weight excluding hydrogens is 220 g/mol. The lowest BCUT2D eigenvalue weighted by Crippen LogP contribution is -2.06. The molecule has 0 spiro atoms. The maximum absolute atomic E-state index is 11.1. The van der Waals surface area contributed by atoms with E-state index in [1.165, 1.54) is 7.11 Å². The van der Waals surface area contributed by atoms with Crippen molar-refractivity contribution in [1.29, 1.82) is 0 Å². The first-order valence-corrected chi connectivity index (χ1v) is 5.36. The number of esters is 1. The standard InChI is InChI=1S/C12H14N2O3/c1-17-11(16)4-6-14-7-9(8-15)10-3-2-5-13-12(10)14/h2-3,5,7,15H,4,6,8H2,1H3. The lowest BCUT2D eigenvalue weighted by molar-refractivity contribution is -0.140. The van der Waals surface area contributed by atoms with Crippen molar-refractivity contribution in [2.24, 2.45) is 0 Å². The Hall–Kier alpha value is -1.88. The summed E-state index contributed by atoms with van der Waals surface area (Å²) in [5.41, 5.74) is 1.60. The predicted octanol–water partition coefficient (Wildman–Crippen LogP) is 1.09. The summed E-state index contributed by atoms with van der Waals surface area (Å²) in [6.45, 7) is 0.466. The van der Waals surface area contributed by atoms with Crippen LogP contribution in [0, 0.1) is 0 Å². The fourth-order valence-electron chi connectivity index (χ4n) is 1.81. The van der Waals surface area contributed by atoms with Gasteiger partial charge in [-0.05, 0) is 12.1 Å². The number of pyridine rings is 1. The number of hydrogen-bond acceptors (Lipinski definition) is 4. The normalized spacial score (nSPS) is 10.7. The Morgan fingerprint density at radius 3 is 3.12 bits per heavy atom. The third kappa shape index (κ3) is 2.29. The maximum atomic E-state index is 11.1. The molecule has 1 N–H and O–H groups in total. The molecule has 90 valence electrons. The van der Waals surface area contributed by atoms with Crippen LogP contribution in [0.1, 0.15) is 12.0 Å². The predicted molar refractivity (Wildman–Crippen MR) is 62.3 cm³/mol. The second-order valence-electron chi connectivity index (χ2n) is 3.71. The number of fused-ring (bicyclic) bond motifs is 1. The SMILES string of the molecule is COC(=O)CCn1cc(CO)c2cccnc21. The van der Waals surface area contributed by atoms with Crippen LogP contribution < -0.4 is 0 Å². The molecule has 2 heterocycles. The Morgan fingerprint density at radius 1 is 1.59 bits per heavy atom. The van der Waals surface area contributed by atoms with Crippen molar-refractivity contribution >= 4 is 17.0 Å². The molecule has 0 saturated heterocycles. The van der Waals surface area contributed by atoms with E-state index in [1.807, 2.05) is 22.9 Å². The van der Waals surface area contributed by atoms with E-state index in [2.05, 4.69) is 9.72 Å². The molecule has 0 fully saturated rings. The number of aliphatic hydroxyl groups is 1. The van der Waals surface area contributed by atoms with Gasteiger partial charge < -0.3 is 14.4 Å². The first-order valence-electron chi connectivity index (χ1n) is 5.36. The Kier molecular flexibility index (Phi) is 3.39. The number of methoxy groups -OCH3 is 1. The van der Waals surface area contributed by atoms with Gasteiger partial charge in [0.1, 0.15) is 5.65 Å². The van der Waals surface area contributed by atoms with Gasteiger partial charge in [-0.25, -0.2) is 4.98 Å². The van der Waals surface area contributed by atoms with E-state index in [0.717, 1.165) is 16.6 Å². The van der Waals surface area contributed by atoms with E-state index in [1.54, 1.807) is 6.20 Å². The number of aromatic nitrogens is 2. The van der Waals surface area contributed by atoms with Crippen LogP contribution in [0.15, 0.2) is 24.5 Å². The van der Waals surface area contributed by atoms with Gasteiger partial charge in [0.25, 0.3) is 0 Å². The number of carbonyl (C=O) groups is 1. The number of ether oxygens (including phenoxy) is 1. The molecule has 17 heavy (non-hydrogen) atoms. The van der Waals surface area contributed by atoms with Crippen molar-refractivity contribution in [3.05, 3.63) is 30.1 Å². The summed E-state index contributed by atoms with van der Waals surface area (Å²) < 4.78 is 6.45. The first kappa shape index (κ1) is 11.6. The molecule has 0 saturated carbocycles. The van der Waals surface area contributed by atoms with Gasteiger partial charge in [-0.1, -0.05) is 0 Å². The zero-order valence-corrected chi connectivity index (χ0v) is 9.59. The van der Waals surface area contributed by atoms with Crippen molar-refractivity contribution in [2.45, 2.75) is 19.6 Å². The second-order valence-corrected chi connectivity index (χ2v) is 3.71. The monoisotopic (exact) mass is 234 g/mol. The molecule has 0 aliphatic rings. The highest BCUT2D eigenvalue weighted by atomic mass is 16.5. The minimum atomic E-state index is -0.256. The number of carbonyl (C=O) groups excluding carboxylic acids is 1. The van der Waals surface area contributed by atoms with Crippen LogP contribution in [0.5, 0.6) is 0 Å². The highest BCUT2D eigenvalue weighted by molar-refractivity contribution is 5.80. The van der Waals surface area contributed by atoms with Crippen molar-refractivity contribution in [2.75, 3.05) is 7.11 Å². The molecule has 0 atom stereocenters. The molecule has 0 unspecified atom stereocenters. The zero-order valence-electron chi connectivity index (χ0n) is 9.59. The molecule has 2 aromatic rings. The lowest BCUT2D eigenvalue weighted by atomic mass is 10.2. The highest BCUT2D eigenvalue weighted by Crippen LogP contribution is 2.19. The second kappa shape index (κ2) is 4.97. The zero-order chi connectivity index (χ0) is 12.3. The van der Waals surface area contributed by atoms with Crippen molar-refractivity contribution in [1.82, 2.24) is 9.55 Å². The van der Waals surface area contributed by atoms with E-state index >= 15 is 0 Å². The van der Waals surface area contributed by atoms with E-state index in [0.29, 0.717) is 13.0 Å². The molecule has 0 amide bonds. The summed E-state index contributed by atoms with van der Waals surface area (Å²) >= 11 is 0. The van der Waals surface area contributed by atoms with E-state index < -0.39 is 0 Å². The summed E-state index contributed by atoms with van der Waals surface area (Å²) in [5, 5.41) is 10.2. The fourth-order valence-corrected chi connectivity index (χ4v) is 1.81. The van der Waals surface area contributed by atoms with Crippen LogP contribution in [-0.2, 0) is 22.7 Å². The summed E-state index contributed by atoms with van der Waals surface area (Å²) in [5.74, 6) is -0.256. The van der Waals surface area contributed by atoms with Gasteiger partial charge in [-0.3, -0.25) is 4.79 Å². The number of aryl methyl sites for hydroxylation is 1. The Bertz CT molecular complexity index is 534. The average Bonchev–Trinajstić information content (AvgIpc) is 2.74. The molecule has 0 aliphatic heterocycles. The molecule has 0 aliphatic carbocycles. The molecule has 0 bridgehead atoms. The molecule has 5 nitrogen and oxygen atoms in total. The van der Waals surface area contributed by atoms with Crippen LogP contribution >= 0.6 is 0 Å². The summed E-state index contributed by atoms with van der Waals surface area (Å²) in [7, 11) is 1.37. The average molecular weight is 234 g/mol. The van der Waals surface area contributed by atoms with E-state index in [9.17, 15) is 9.90 Å². The lowest BCUT2D eigenvalue weighted by Gasteiger charge is -2.02. The minimum absolute atomic E-state index is 0.0343. The quantitative estimate of drug-likeness (QED) is 0.804. The van der Waals surface area contributed by atoms with Crippen molar-refractivity contribution in [3.63, 3.8) is 0 Å². The Morgan fingerprint density at radius 2 is 2.41 bits per heavy atom. The highest BCUT2D eigenvalue weighted by Gasteiger charge is 2.09. The van der Waals surface area contributed by atoms with E-state index in [4.69, 9.17) is 0 Å². The minimum Gasteiger partial charge on any atom is -0.469 e. The third-order valence-electron chi connectivity index (χ3n) is 2.67. The van der Waals surface area contributed by atoms with Gasteiger partial charge in [-0.2, -0.15) is 0 Å². The van der Waals surface area contributed by atoms with Crippen molar-refractivity contribution in [3.8, 4) is 0 Å². The van der Waals surface area contributed by atoms with Gasteiger partial charge >= 0.3 is 5.97 Å². The smallest absolute Gasteiger partial charge is 0.307 e. The summed E-state index contributed by atoms with van der Waals surface area (Å²) in [4.78, 5) is 15.3. The van der Waals surface area contributed by atoms with Crippen LogP contribution in [0.3, 0.4) is 0 Å². The first-order chi connectivity index (χ1) is 8.26. The molecule has 2 rings (SSSR count). The Labute approximate surface area is 98.6 Å². The molecule has 2 aromatic heterocycles. The maximum Gasteiger partial charge on any atom is 0.307 e. The van der Waals surface area contributed by atoms with Crippen molar-refractivity contribution < 1.29 is 14.6 Å². The summed E-state index contributed by atoms with van der Waals surface area (Å²) in [6.07, 6.45) is 3.81. The molecule has 5 heteroatoms. The number of hydrogen-bond donors (Lipinski definition) is 1. The van der Waals surface area contributed by atoms with Gasteiger partial charge in [0.2, 0.25) is 0 Å². The fraction of sp³-hybridized carbons (Fsp3) is 0.333. The number of aliphatic hydroxyl groups excluding tert-OH is 1. The third-order valence-corrected chi connectivity index (χ3v) is 2.67. The van der Waals surface area contributed by atoms with Gasteiger partial charge in [0.05, 0.1) is 20.1 Å². The molecule has 0 aromatic carbocycles. The Balaban J connectivity index is 2.31. The molecular formula is C12H14N2O3. The summed E-state index contributed by atoms with van der Waals surface area (Å²) in [6, 6.07) is 3.73. The van der Waals surface area contributed by atoms with Crippen LogP contribution in [0.25, 0.3) is 11.0 Å². The van der Waals surface area contributed by atoms with Crippen LogP contribution in [0.2, 0.25) is 0 Å². The van der Waals surface area contributed by atoms with Gasteiger partial charge in [0, 0.05) is 29.9 Å². The van der Waals surface area contributed by atoms with Gasteiger partial charge in [-0.15, -0.1) is 0 Å². The molecule has 0 radical (unpaired) electrons. The number of rotatable bonds is 4. The van der Waals surface area contributed by atoms with E-state index in [-0.39, 0.29) is 12.6 Å². The van der Waals surface area contributed by atoms with Crippen LogP contribution in [0.4, 0.5) is 0 Å². The number of nitrogens with zero attached hydrogens (tertiary/aromatic N) is 2.